The number of carbonyl (C=O) groups excluding carboxylic acids is 3. The zero-order chi connectivity index (χ0) is 29.5. The van der Waals surface area contributed by atoms with E-state index < -0.39 is 11.7 Å². The highest BCUT2D eigenvalue weighted by Crippen LogP contribution is 2.30. The molecule has 10 nitrogen and oxygen atoms in total. The summed E-state index contributed by atoms with van der Waals surface area (Å²) in [5, 5.41) is 8.25. The Bertz CT molecular complexity index is 1690. The van der Waals surface area contributed by atoms with Crippen LogP contribution in [-0.4, -0.2) is 53.2 Å². The summed E-state index contributed by atoms with van der Waals surface area (Å²) in [6, 6.07) is 19.7. The summed E-state index contributed by atoms with van der Waals surface area (Å²) < 4.78 is 18.2. The van der Waals surface area contributed by atoms with E-state index in [2.05, 4.69) is 10.3 Å². The molecule has 4 aromatic rings. The zero-order valence-corrected chi connectivity index (χ0v) is 23.1. The Balaban J connectivity index is 1.15. The predicted octanol–water partition coefficient (Wildman–Crippen LogP) is 4.40. The molecule has 0 bridgehead atoms. The van der Waals surface area contributed by atoms with Crippen LogP contribution in [0.1, 0.15) is 27.2 Å². The van der Waals surface area contributed by atoms with Gasteiger partial charge in [0.2, 0.25) is 0 Å². The number of para-hydroxylation sites is 1. The number of aromatic nitrogens is 3. The number of hydrogen-bond donors (Lipinski definition) is 0. The first-order chi connectivity index (χ1) is 20.4. The molecule has 1 aromatic heterocycles. The van der Waals surface area contributed by atoms with Crippen molar-refractivity contribution in [3.63, 3.8) is 0 Å². The van der Waals surface area contributed by atoms with Gasteiger partial charge in [-0.3, -0.25) is 19.1 Å². The average molecular weight is 565 g/mol. The Morgan fingerprint density at radius 3 is 2.43 bits per heavy atom. The standard InChI is InChI=1S/C32H28N4O6/c1-40-26-7-5-6-22(18-26)10-13-25(37)14-11-23-12-15-29(30(19-23)41-2)42-21-24-20-35(34-33-24)16-17-36-28-9-4-3-8-27(28)31(38)32(36)39/h3-15,18-20H,16-17,21H2,1-2H3/b13-10+,14-11+. The lowest BCUT2D eigenvalue weighted by molar-refractivity contribution is -0.114. The van der Waals surface area contributed by atoms with Crippen LogP contribution in [0.2, 0.25) is 0 Å². The summed E-state index contributed by atoms with van der Waals surface area (Å²) in [7, 11) is 3.13. The number of ether oxygens (including phenoxy) is 3. The normalized spacial score (nSPS) is 12.8. The SMILES string of the molecule is COc1cccc(/C=C/C(=O)/C=C/c2ccc(OCc3cn(CCN4C(=O)C(=O)c5ccccc54)nn3)c(OC)c2)c1. The Labute approximate surface area is 242 Å². The number of fused-ring (bicyclic) bond motifs is 1. The molecule has 1 aliphatic rings. The van der Waals surface area contributed by atoms with Crippen LogP contribution in [0, 0.1) is 0 Å². The van der Waals surface area contributed by atoms with Crippen molar-refractivity contribution in [1.29, 1.82) is 0 Å². The number of anilines is 1. The van der Waals surface area contributed by atoms with Crippen molar-refractivity contribution < 1.29 is 28.6 Å². The van der Waals surface area contributed by atoms with E-state index in [-0.39, 0.29) is 18.9 Å². The lowest BCUT2D eigenvalue weighted by Crippen LogP contribution is -2.32. The van der Waals surface area contributed by atoms with Gasteiger partial charge in [0.1, 0.15) is 18.1 Å². The number of amides is 1. The Kier molecular flexibility index (Phi) is 8.53. The van der Waals surface area contributed by atoms with Crippen molar-refractivity contribution in [3.8, 4) is 17.2 Å². The van der Waals surface area contributed by atoms with Crippen LogP contribution in [0.4, 0.5) is 5.69 Å². The molecule has 1 amide bonds. The van der Waals surface area contributed by atoms with Gasteiger partial charge in [-0.2, -0.15) is 0 Å². The number of benzene rings is 3. The number of Topliss-reactive ketones (excluding diaryl/α,β-unsaturated/α-hetero) is 1. The zero-order valence-electron chi connectivity index (χ0n) is 23.1. The molecule has 5 rings (SSSR count). The topological polar surface area (TPSA) is 113 Å². The fraction of sp³-hybridized carbons (Fsp3) is 0.156. The van der Waals surface area contributed by atoms with Crippen molar-refractivity contribution in [2.75, 3.05) is 25.7 Å². The van der Waals surface area contributed by atoms with Crippen molar-refractivity contribution in [2.24, 2.45) is 0 Å². The van der Waals surface area contributed by atoms with E-state index in [1.807, 2.05) is 30.3 Å². The molecule has 0 saturated heterocycles. The molecule has 0 atom stereocenters. The molecule has 0 N–H and O–H groups in total. The number of carbonyl (C=O) groups is 3. The Morgan fingerprint density at radius 1 is 0.857 bits per heavy atom. The molecule has 1 aliphatic heterocycles. The molecule has 42 heavy (non-hydrogen) atoms. The van der Waals surface area contributed by atoms with E-state index in [0.29, 0.717) is 35.0 Å². The van der Waals surface area contributed by atoms with Gasteiger partial charge < -0.3 is 19.1 Å². The van der Waals surface area contributed by atoms with Gasteiger partial charge in [0.25, 0.3) is 11.7 Å². The third-order valence-electron chi connectivity index (χ3n) is 6.55. The molecule has 2 heterocycles. The quantitative estimate of drug-likeness (QED) is 0.184. The molecule has 0 unspecified atom stereocenters. The second-order valence-corrected chi connectivity index (χ2v) is 9.32. The van der Waals surface area contributed by atoms with E-state index in [1.54, 1.807) is 66.5 Å². The number of methoxy groups -OCH3 is 2. The lowest BCUT2D eigenvalue weighted by Gasteiger charge is -2.15. The van der Waals surface area contributed by atoms with Crippen molar-refractivity contribution >= 4 is 35.3 Å². The van der Waals surface area contributed by atoms with Gasteiger partial charge in [-0.15, -0.1) is 5.10 Å². The number of allylic oxidation sites excluding steroid dienone is 2. The van der Waals surface area contributed by atoms with E-state index in [4.69, 9.17) is 14.2 Å². The molecule has 0 aliphatic carbocycles. The van der Waals surface area contributed by atoms with Gasteiger partial charge in [0.15, 0.2) is 17.3 Å². The van der Waals surface area contributed by atoms with Gasteiger partial charge in [-0.1, -0.05) is 47.7 Å². The van der Waals surface area contributed by atoms with E-state index in [0.717, 1.165) is 16.9 Å². The maximum atomic E-state index is 12.4. The maximum absolute atomic E-state index is 12.4. The molecular weight excluding hydrogens is 536 g/mol. The second-order valence-electron chi connectivity index (χ2n) is 9.32. The fourth-order valence-electron chi connectivity index (χ4n) is 4.40. The third-order valence-corrected chi connectivity index (χ3v) is 6.55. The molecule has 0 radical (unpaired) electrons. The second kappa shape index (κ2) is 12.8. The summed E-state index contributed by atoms with van der Waals surface area (Å²) in [5.74, 6) is 0.525. The minimum atomic E-state index is -0.542. The number of hydrogen-bond acceptors (Lipinski definition) is 8. The molecule has 0 fully saturated rings. The highest BCUT2D eigenvalue weighted by molar-refractivity contribution is 6.52. The predicted molar refractivity (Wildman–Crippen MR) is 157 cm³/mol. The van der Waals surface area contributed by atoms with E-state index in [9.17, 15) is 14.4 Å². The van der Waals surface area contributed by atoms with Crippen LogP contribution in [0.5, 0.6) is 17.2 Å². The van der Waals surface area contributed by atoms with Crippen LogP contribution in [0.25, 0.3) is 12.2 Å². The monoisotopic (exact) mass is 564 g/mol. The molecular formula is C32H28N4O6. The number of ketones is 2. The van der Waals surface area contributed by atoms with E-state index >= 15 is 0 Å². The van der Waals surface area contributed by atoms with Crippen molar-refractivity contribution in [3.05, 3.63) is 107 Å². The van der Waals surface area contributed by atoms with Gasteiger partial charge in [-0.05, 0) is 59.7 Å². The largest absolute Gasteiger partial charge is 0.497 e. The van der Waals surface area contributed by atoms with Crippen LogP contribution in [0.15, 0.2) is 85.1 Å². The van der Waals surface area contributed by atoms with Gasteiger partial charge in [-0.25, -0.2) is 0 Å². The smallest absolute Gasteiger partial charge is 0.299 e. The minimum absolute atomic E-state index is 0.142. The molecule has 10 heteroatoms. The molecule has 0 saturated carbocycles. The van der Waals surface area contributed by atoms with Crippen LogP contribution < -0.4 is 19.1 Å². The Hall–Kier alpha value is -5.51. The summed E-state index contributed by atoms with van der Waals surface area (Å²) in [6.07, 6.45) is 8.13. The first kappa shape index (κ1) is 28.0. The van der Waals surface area contributed by atoms with Crippen molar-refractivity contribution in [2.45, 2.75) is 13.2 Å². The summed E-state index contributed by atoms with van der Waals surface area (Å²) >= 11 is 0. The molecule has 3 aromatic carbocycles. The van der Waals surface area contributed by atoms with Gasteiger partial charge in [0.05, 0.1) is 38.2 Å². The molecule has 0 spiro atoms. The summed E-state index contributed by atoms with van der Waals surface area (Å²) in [6.45, 7) is 0.786. The van der Waals surface area contributed by atoms with Crippen LogP contribution in [-0.2, 0) is 22.7 Å². The molecule has 212 valence electrons. The van der Waals surface area contributed by atoms with Crippen molar-refractivity contribution in [1.82, 2.24) is 15.0 Å². The lowest BCUT2D eigenvalue weighted by atomic mass is 10.1. The van der Waals surface area contributed by atoms with Gasteiger partial charge >= 0.3 is 0 Å². The average Bonchev–Trinajstić information content (AvgIpc) is 3.58. The van der Waals surface area contributed by atoms with Crippen LogP contribution >= 0.6 is 0 Å². The first-order valence-electron chi connectivity index (χ1n) is 13.1. The Morgan fingerprint density at radius 2 is 1.64 bits per heavy atom. The minimum Gasteiger partial charge on any atom is -0.497 e. The summed E-state index contributed by atoms with van der Waals surface area (Å²) in [5.41, 5.74) is 3.24. The number of nitrogens with zero attached hydrogens (tertiary/aromatic N) is 4. The fourth-order valence-corrected chi connectivity index (χ4v) is 4.40. The maximum Gasteiger partial charge on any atom is 0.299 e. The van der Waals surface area contributed by atoms with E-state index in [1.165, 1.54) is 24.2 Å². The van der Waals surface area contributed by atoms with Gasteiger partial charge in [0, 0.05) is 6.54 Å². The summed E-state index contributed by atoms with van der Waals surface area (Å²) in [4.78, 5) is 38.4. The number of rotatable bonds is 12. The van der Waals surface area contributed by atoms with Crippen LogP contribution in [0.3, 0.4) is 0 Å². The highest BCUT2D eigenvalue weighted by atomic mass is 16.5. The highest BCUT2D eigenvalue weighted by Gasteiger charge is 2.35. The third kappa shape index (κ3) is 6.44. The first-order valence-corrected chi connectivity index (χ1v) is 13.1.